The third-order valence-corrected chi connectivity index (χ3v) is 6.25. The molecular weight excluding hydrogens is 455 g/mol. The summed E-state index contributed by atoms with van der Waals surface area (Å²) in [5.74, 6) is -0.307. The maximum Gasteiger partial charge on any atom is 0.242 e. The number of nitrogens with one attached hydrogen (secondary N) is 1. The maximum absolute atomic E-state index is 13.3. The summed E-state index contributed by atoms with van der Waals surface area (Å²) < 4.78 is 0. The summed E-state index contributed by atoms with van der Waals surface area (Å²) in [6.45, 7) is 4.71. The highest BCUT2D eigenvalue weighted by molar-refractivity contribution is 6.36. The third kappa shape index (κ3) is 7.41. The van der Waals surface area contributed by atoms with Crippen LogP contribution in [0.4, 0.5) is 0 Å². The Morgan fingerprint density at radius 1 is 0.968 bits per heavy atom. The molecule has 0 aliphatic carbocycles. The number of rotatable bonds is 11. The van der Waals surface area contributed by atoms with Crippen LogP contribution in [0.1, 0.15) is 50.7 Å². The van der Waals surface area contributed by atoms with Crippen LogP contribution in [0, 0.1) is 0 Å². The maximum atomic E-state index is 13.3. The second-order valence-electron chi connectivity index (χ2n) is 7.38. The van der Waals surface area contributed by atoms with Gasteiger partial charge in [0.15, 0.2) is 0 Å². The predicted molar refractivity (Wildman–Crippen MR) is 129 cm³/mol. The molecule has 0 aromatic heterocycles. The van der Waals surface area contributed by atoms with Crippen molar-refractivity contribution in [2.45, 2.75) is 58.5 Å². The van der Waals surface area contributed by atoms with Crippen molar-refractivity contribution in [3.8, 4) is 0 Å². The molecule has 0 aliphatic rings. The predicted octanol–water partition coefficient (Wildman–Crippen LogP) is 6.30. The Kier molecular flexibility index (Phi) is 10.7. The third-order valence-electron chi connectivity index (χ3n) is 5.17. The molecule has 4 nitrogen and oxygen atoms in total. The van der Waals surface area contributed by atoms with Gasteiger partial charge in [0, 0.05) is 40.1 Å². The lowest BCUT2D eigenvalue weighted by Crippen LogP contribution is -2.49. The van der Waals surface area contributed by atoms with Gasteiger partial charge in [-0.05, 0) is 43.0 Å². The van der Waals surface area contributed by atoms with E-state index in [0.29, 0.717) is 40.0 Å². The smallest absolute Gasteiger partial charge is 0.242 e. The number of hydrogen-bond acceptors (Lipinski definition) is 2. The second kappa shape index (κ2) is 12.9. The van der Waals surface area contributed by atoms with Crippen LogP contribution in [0.25, 0.3) is 0 Å². The molecule has 0 spiro atoms. The van der Waals surface area contributed by atoms with E-state index in [0.717, 1.165) is 18.4 Å². The minimum absolute atomic E-state index is 0.145. The number of hydrogen-bond donors (Lipinski definition) is 1. The highest BCUT2D eigenvalue weighted by Gasteiger charge is 2.29. The van der Waals surface area contributed by atoms with Crippen molar-refractivity contribution in [2.24, 2.45) is 0 Å². The van der Waals surface area contributed by atoms with Gasteiger partial charge in [-0.3, -0.25) is 9.59 Å². The number of halogens is 3. The van der Waals surface area contributed by atoms with Crippen LogP contribution < -0.4 is 5.32 Å². The zero-order chi connectivity index (χ0) is 22.8. The SMILES string of the molecule is CCCCNC(=O)[C@@H](CC)N(Cc1c(Cl)cccc1Cl)C(=O)CCc1ccccc1Cl. The normalized spacial score (nSPS) is 11.8. The van der Waals surface area contributed by atoms with Crippen molar-refractivity contribution in [3.05, 3.63) is 68.7 Å². The topological polar surface area (TPSA) is 49.4 Å². The van der Waals surface area contributed by atoms with Gasteiger partial charge in [-0.1, -0.05) is 79.3 Å². The minimum atomic E-state index is -0.608. The summed E-state index contributed by atoms with van der Waals surface area (Å²) in [6, 6.07) is 12.1. The van der Waals surface area contributed by atoms with Gasteiger partial charge in [-0.15, -0.1) is 0 Å². The van der Waals surface area contributed by atoms with Crippen LogP contribution in [-0.4, -0.2) is 29.3 Å². The molecule has 0 saturated heterocycles. The summed E-state index contributed by atoms with van der Waals surface area (Å²) in [4.78, 5) is 27.8. The van der Waals surface area contributed by atoms with Gasteiger partial charge in [0.2, 0.25) is 11.8 Å². The molecule has 0 heterocycles. The van der Waals surface area contributed by atoms with Crippen LogP contribution >= 0.6 is 34.8 Å². The van der Waals surface area contributed by atoms with Crippen molar-refractivity contribution in [2.75, 3.05) is 6.54 Å². The lowest BCUT2D eigenvalue weighted by Gasteiger charge is -2.31. The molecule has 31 heavy (non-hydrogen) atoms. The van der Waals surface area contributed by atoms with Crippen LogP contribution in [0.3, 0.4) is 0 Å². The van der Waals surface area contributed by atoms with Gasteiger partial charge in [-0.2, -0.15) is 0 Å². The second-order valence-corrected chi connectivity index (χ2v) is 8.60. The summed E-state index contributed by atoms with van der Waals surface area (Å²) in [5, 5.41) is 4.51. The molecule has 0 saturated carbocycles. The van der Waals surface area contributed by atoms with Crippen LogP contribution in [0.2, 0.25) is 15.1 Å². The number of carbonyl (C=O) groups excluding carboxylic acids is 2. The molecule has 1 atom stereocenters. The molecule has 2 rings (SSSR count). The Hall–Kier alpha value is -1.75. The molecule has 2 aromatic rings. The average molecular weight is 484 g/mol. The molecule has 0 fully saturated rings. The van der Waals surface area contributed by atoms with Crippen LogP contribution in [0.15, 0.2) is 42.5 Å². The fraction of sp³-hybridized carbons (Fsp3) is 0.417. The van der Waals surface area contributed by atoms with Crippen molar-refractivity contribution >= 4 is 46.6 Å². The van der Waals surface area contributed by atoms with Crippen LogP contribution in [-0.2, 0) is 22.6 Å². The summed E-state index contributed by atoms with van der Waals surface area (Å²) >= 11 is 19.0. The molecule has 1 N–H and O–H groups in total. The van der Waals surface area contributed by atoms with E-state index in [1.807, 2.05) is 25.1 Å². The Balaban J connectivity index is 2.26. The largest absolute Gasteiger partial charge is 0.354 e. The van der Waals surface area contributed by atoms with E-state index in [4.69, 9.17) is 34.8 Å². The fourth-order valence-corrected chi connectivity index (χ4v) is 4.11. The van der Waals surface area contributed by atoms with Crippen molar-refractivity contribution in [1.29, 1.82) is 0 Å². The molecule has 2 aromatic carbocycles. The number of benzene rings is 2. The standard InChI is InChI=1S/C24H29Cl3N2O2/c1-3-5-15-28-24(31)22(4-2)29(16-18-20(26)11-8-12-21(18)27)23(30)14-13-17-9-6-7-10-19(17)25/h6-12,22H,3-5,13-16H2,1-2H3,(H,28,31)/t22-/m1/s1. The first kappa shape index (κ1) is 25.5. The van der Waals surface area contributed by atoms with E-state index in [1.165, 1.54) is 0 Å². The molecule has 168 valence electrons. The van der Waals surface area contributed by atoms with E-state index >= 15 is 0 Å². The van der Waals surface area contributed by atoms with E-state index in [2.05, 4.69) is 12.2 Å². The lowest BCUT2D eigenvalue weighted by atomic mass is 10.1. The zero-order valence-electron chi connectivity index (χ0n) is 18.0. The van der Waals surface area contributed by atoms with Gasteiger partial charge in [0.25, 0.3) is 0 Å². The molecular formula is C24H29Cl3N2O2. The Morgan fingerprint density at radius 2 is 1.61 bits per heavy atom. The van der Waals surface area contributed by atoms with E-state index in [9.17, 15) is 9.59 Å². The Bertz CT molecular complexity index is 869. The molecule has 2 amide bonds. The van der Waals surface area contributed by atoms with Gasteiger partial charge in [0.05, 0.1) is 0 Å². The molecule has 7 heteroatoms. The molecule has 0 bridgehead atoms. The quantitative estimate of drug-likeness (QED) is 0.381. The summed E-state index contributed by atoms with van der Waals surface area (Å²) in [6.07, 6.45) is 3.06. The number of aryl methyl sites for hydroxylation is 1. The van der Waals surface area contributed by atoms with E-state index in [-0.39, 0.29) is 24.8 Å². The van der Waals surface area contributed by atoms with Gasteiger partial charge >= 0.3 is 0 Å². The number of unbranched alkanes of at least 4 members (excludes halogenated alkanes) is 1. The number of amides is 2. The van der Waals surface area contributed by atoms with Gasteiger partial charge in [0.1, 0.15) is 6.04 Å². The number of nitrogens with zero attached hydrogens (tertiary/aromatic N) is 1. The molecule has 0 aliphatic heterocycles. The summed E-state index contributed by atoms with van der Waals surface area (Å²) in [5.41, 5.74) is 1.53. The Labute approximate surface area is 199 Å². The first-order valence-electron chi connectivity index (χ1n) is 10.6. The molecule has 0 radical (unpaired) electrons. The first-order valence-corrected chi connectivity index (χ1v) is 11.8. The highest BCUT2D eigenvalue weighted by atomic mass is 35.5. The summed E-state index contributed by atoms with van der Waals surface area (Å²) in [7, 11) is 0. The molecule has 0 unspecified atom stereocenters. The first-order chi connectivity index (χ1) is 14.9. The van der Waals surface area contributed by atoms with Crippen molar-refractivity contribution < 1.29 is 9.59 Å². The number of carbonyl (C=O) groups is 2. The zero-order valence-corrected chi connectivity index (χ0v) is 20.2. The average Bonchev–Trinajstić information content (AvgIpc) is 2.75. The van der Waals surface area contributed by atoms with E-state index < -0.39 is 6.04 Å². The Morgan fingerprint density at radius 3 is 2.23 bits per heavy atom. The highest BCUT2D eigenvalue weighted by Crippen LogP contribution is 2.27. The van der Waals surface area contributed by atoms with Gasteiger partial charge < -0.3 is 10.2 Å². The van der Waals surface area contributed by atoms with Crippen molar-refractivity contribution in [1.82, 2.24) is 10.2 Å². The minimum Gasteiger partial charge on any atom is -0.354 e. The van der Waals surface area contributed by atoms with Gasteiger partial charge in [-0.25, -0.2) is 0 Å². The van der Waals surface area contributed by atoms with Crippen molar-refractivity contribution in [3.63, 3.8) is 0 Å². The fourth-order valence-electron chi connectivity index (χ4n) is 3.37. The monoisotopic (exact) mass is 482 g/mol. The van der Waals surface area contributed by atoms with Crippen LogP contribution in [0.5, 0.6) is 0 Å². The lowest BCUT2D eigenvalue weighted by molar-refractivity contribution is -0.141. The van der Waals surface area contributed by atoms with E-state index in [1.54, 1.807) is 29.2 Å².